The van der Waals surface area contributed by atoms with Gasteiger partial charge >= 0.3 is 5.97 Å². The molecule has 0 rings (SSSR count). The molecule has 0 heterocycles. The maximum absolute atomic E-state index is 10.2. The van der Waals surface area contributed by atoms with Gasteiger partial charge in [-0.1, -0.05) is 94.1 Å². The van der Waals surface area contributed by atoms with Gasteiger partial charge in [-0.25, -0.2) is 4.79 Å². The Hall–Kier alpha value is -2.33. The van der Waals surface area contributed by atoms with Crippen molar-refractivity contribution in [3.05, 3.63) is 72.6 Å². The lowest BCUT2D eigenvalue weighted by Crippen LogP contribution is -2.01. The summed E-state index contributed by atoms with van der Waals surface area (Å²) in [6, 6.07) is 0. The largest absolute Gasteiger partial charge is 0.508 e. The molecule has 3 N–H and O–H groups in total. The van der Waals surface area contributed by atoms with E-state index in [9.17, 15) is 15.0 Å². The number of rotatable bonds is 14. The molecular weight excluding hydrogens is 328 g/mol. The number of carboxylic acid groups (broad SMARTS) is 1. The van der Waals surface area contributed by atoms with E-state index in [1.54, 1.807) is 42.5 Å². The molecule has 4 nitrogen and oxygen atoms in total. The Morgan fingerprint density at radius 3 is 2.12 bits per heavy atom. The molecule has 0 fully saturated rings. The van der Waals surface area contributed by atoms with Gasteiger partial charge in [0.2, 0.25) is 0 Å². The number of carboxylic acids is 1. The lowest BCUT2D eigenvalue weighted by molar-refractivity contribution is -0.131. The van der Waals surface area contributed by atoms with Gasteiger partial charge in [-0.15, -0.1) is 0 Å². The molecule has 0 aliphatic heterocycles. The van der Waals surface area contributed by atoms with Gasteiger partial charge in [-0.3, -0.25) is 0 Å². The molecule has 0 radical (unpaired) electrons. The number of carbonyl (C=O) groups is 1. The molecule has 4 heteroatoms. The zero-order chi connectivity index (χ0) is 19.5. The van der Waals surface area contributed by atoms with Crippen molar-refractivity contribution in [2.75, 3.05) is 0 Å². The first kappa shape index (κ1) is 23.7. The van der Waals surface area contributed by atoms with Crippen molar-refractivity contribution in [2.24, 2.45) is 0 Å². The maximum atomic E-state index is 10.2. The number of aliphatic hydroxyl groups excluding tert-OH is 2. The molecule has 1 atom stereocenters. The third kappa shape index (κ3) is 18.0. The molecule has 0 saturated carbocycles. The Balaban J connectivity index is 3.98. The zero-order valence-electron chi connectivity index (χ0n) is 15.6. The second kappa shape index (κ2) is 17.5. The summed E-state index contributed by atoms with van der Waals surface area (Å²) in [6.45, 7) is 2.20. The number of aliphatic carboxylic acids is 1. The van der Waals surface area contributed by atoms with E-state index >= 15 is 0 Å². The minimum atomic E-state index is -1.00. The van der Waals surface area contributed by atoms with Crippen LogP contribution in [0, 0.1) is 0 Å². The topological polar surface area (TPSA) is 77.8 Å². The summed E-state index contributed by atoms with van der Waals surface area (Å²) in [5.41, 5.74) is 0. The highest BCUT2D eigenvalue weighted by Crippen LogP contribution is 2.09. The predicted octanol–water partition coefficient (Wildman–Crippen LogP) is 5.41. The van der Waals surface area contributed by atoms with Crippen molar-refractivity contribution in [1.29, 1.82) is 0 Å². The van der Waals surface area contributed by atoms with Crippen LogP contribution in [0.1, 0.15) is 51.9 Å². The van der Waals surface area contributed by atoms with E-state index in [0.29, 0.717) is 0 Å². The van der Waals surface area contributed by atoms with Crippen LogP contribution < -0.4 is 0 Å². The molecule has 0 aromatic carbocycles. The van der Waals surface area contributed by atoms with Gasteiger partial charge in [0, 0.05) is 6.08 Å². The first-order chi connectivity index (χ1) is 12.6. The highest BCUT2D eigenvalue weighted by molar-refractivity contribution is 5.80. The Labute approximate surface area is 157 Å². The Kier molecular flexibility index (Phi) is 15.9. The fourth-order valence-electron chi connectivity index (χ4n) is 2.12. The van der Waals surface area contributed by atoms with Crippen LogP contribution in [-0.2, 0) is 4.79 Å². The van der Waals surface area contributed by atoms with E-state index in [-0.39, 0.29) is 5.76 Å². The summed E-state index contributed by atoms with van der Waals surface area (Å²) in [5, 5.41) is 27.8. The average Bonchev–Trinajstić information content (AvgIpc) is 2.60. The van der Waals surface area contributed by atoms with E-state index < -0.39 is 12.1 Å². The molecule has 144 valence electrons. The van der Waals surface area contributed by atoms with Crippen molar-refractivity contribution >= 4 is 5.97 Å². The summed E-state index contributed by atoms with van der Waals surface area (Å²) in [7, 11) is 0. The first-order valence-electron chi connectivity index (χ1n) is 9.22. The van der Waals surface area contributed by atoms with Crippen LogP contribution in [0.4, 0.5) is 0 Å². The van der Waals surface area contributed by atoms with E-state index in [4.69, 9.17) is 5.11 Å². The Morgan fingerprint density at radius 2 is 1.42 bits per heavy atom. The number of unbranched alkanes of at least 4 members (excludes halogenated alkanes) is 5. The summed E-state index contributed by atoms with van der Waals surface area (Å²) >= 11 is 0. The maximum Gasteiger partial charge on any atom is 0.328 e. The molecule has 0 aliphatic carbocycles. The molecule has 0 aliphatic rings. The smallest absolute Gasteiger partial charge is 0.328 e. The molecule has 0 bridgehead atoms. The highest BCUT2D eigenvalue weighted by Gasteiger charge is 1.97. The van der Waals surface area contributed by atoms with E-state index in [1.807, 2.05) is 0 Å². The molecule has 0 aromatic rings. The van der Waals surface area contributed by atoms with Crippen molar-refractivity contribution in [3.63, 3.8) is 0 Å². The van der Waals surface area contributed by atoms with Gasteiger partial charge in [0.1, 0.15) is 5.76 Å². The monoisotopic (exact) mass is 360 g/mol. The van der Waals surface area contributed by atoms with Crippen LogP contribution in [0.3, 0.4) is 0 Å². The van der Waals surface area contributed by atoms with Crippen LogP contribution >= 0.6 is 0 Å². The van der Waals surface area contributed by atoms with Gasteiger partial charge in [-0.05, 0) is 18.6 Å². The second-order valence-corrected chi connectivity index (χ2v) is 5.93. The van der Waals surface area contributed by atoms with Crippen LogP contribution in [0.2, 0.25) is 0 Å². The standard InChI is InChI=1S/C22H32O4/c1-2-3-4-5-6-10-15-20(23)17-12-9-13-18-21(24)16-11-7-8-14-19-22(25)26/h7-9,11-14,16-20,23-24H,2-6,10,15H2,1H3,(H,25,26). The summed E-state index contributed by atoms with van der Waals surface area (Å²) < 4.78 is 0. The lowest BCUT2D eigenvalue weighted by Gasteiger charge is -2.04. The van der Waals surface area contributed by atoms with Gasteiger partial charge in [0.05, 0.1) is 6.10 Å². The second-order valence-electron chi connectivity index (χ2n) is 5.93. The minimum Gasteiger partial charge on any atom is -0.508 e. The van der Waals surface area contributed by atoms with Crippen LogP contribution in [-0.4, -0.2) is 27.4 Å². The van der Waals surface area contributed by atoms with Crippen molar-refractivity contribution in [3.8, 4) is 0 Å². The average molecular weight is 360 g/mol. The lowest BCUT2D eigenvalue weighted by atomic mass is 10.1. The molecule has 0 aromatic heterocycles. The van der Waals surface area contributed by atoms with Crippen LogP contribution in [0.15, 0.2) is 72.6 Å². The fraction of sp³-hybridized carbons (Fsp3) is 0.409. The van der Waals surface area contributed by atoms with E-state index in [2.05, 4.69) is 6.92 Å². The summed E-state index contributed by atoms with van der Waals surface area (Å²) in [5.74, 6) is -0.925. The molecule has 0 saturated heterocycles. The minimum absolute atomic E-state index is 0.0779. The van der Waals surface area contributed by atoms with Gasteiger partial charge in [0.25, 0.3) is 0 Å². The van der Waals surface area contributed by atoms with Crippen molar-refractivity contribution in [2.45, 2.75) is 58.0 Å². The Morgan fingerprint density at radius 1 is 0.808 bits per heavy atom. The van der Waals surface area contributed by atoms with Crippen molar-refractivity contribution in [1.82, 2.24) is 0 Å². The van der Waals surface area contributed by atoms with Crippen LogP contribution in [0.5, 0.6) is 0 Å². The highest BCUT2D eigenvalue weighted by atomic mass is 16.4. The molecule has 0 spiro atoms. The third-order valence-corrected chi connectivity index (χ3v) is 3.52. The van der Waals surface area contributed by atoms with Gasteiger partial charge < -0.3 is 15.3 Å². The quantitative estimate of drug-likeness (QED) is 0.168. The normalized spacial score (nSPS) is 14.6. The third-order valence-electron chi connectivity index (χ3n) is 3.52. The Bertz CT molecular complexity index is 536. The zero-order valence-corrected chi connectivity index (χ0v) is 15.6. The molecular formula is C22H32O4. The first-order valence-corrected chi connectivity index (χ1v) is 9.22. The van der Waals surface area contributed by atoms with E-state index in [1.165, 1.54) is 50.3 Å². The van der Waals surface area contributed by atoms with Crippen LogP contribution in [0.25, 0.3) is 0 Å². The van der Waals surface area contributed by atoms with Gasteiger partial charge in [-0.2, -0.15) is 0 Å². The molecule has 1 unspecified atom stereocenters. The van der Waals surface area contributed by atoms with Gasteiger partial charge in [0.15, 0.2) is 0 Å². The number of allylic oxidation sites excluding steroid dienone is 9. The molecule has 0 amide bonds. The predicted molar refractivity (Wildman–Crippen MR) is 108 cm³/mol. The summed E-state index contributed by atoms with van der Waals surface area (Å²) in [6.07, 6.45) is 24.8. The SMILES string of the molecule is CCCCCCCCC(O)C=CC=CC=C(O)C=CC=CC=CC(=O)O. The fourth-order valence-corrected chi connectivity index (χ4v) is 2.12. The van der Waals surface area contributed by atoms with Crippen molar-refractivity contribution < 1.29 is 20.1 Å². The van der Waals surface area contributed by atoms with E-state index in [0.717, 1.165) is 18.9 Å². The molecule has 26 heavy (non-hydrogen) atoms. The summed E-state index contributed by atoms with van der Waals surface area (Å²) in [4.78, 5) is 10.2. The number of aliphatic hydroxyl groups is 2. The number of hydrogen-bond donors (Lipinski definition) is 3. The number of hydrogen-bond acceptors (Lipinski definition) is 3.